The molecular weight excluding hydrogens is 358 g/mol. The minimum absolute atomic E-state index is 0.568. The molecule has 0 bridgehead atoms. The van der Waals surface area contributed by atoms with Crippen molar-refractivity contribution in [2.45, 2.75) is 25.7 Å². The Labute approximate surface area is 167 Å². The molecule has 0 aliphatic carbocycles. The normalized spacial score (nSPS) is 18.6. The van der Waals surface area contributed by atoms with E-state index >= 15 is 0 Å². The molecular formula is C20H31N5OS. The van der Waals surface area contributed by atoms with Crippen LogP contribution in [-0.2, 0) is 4.74 Å². The van der Waals surface area contributed by atoms with Crippen LogP contribution in [0.5, 0.6) is 0 Å². The Morgan fingerprint density at radius 3 is 2.56 bits per heavy atom. The highest BCUT2D eigenvalue weighted by atomic mass is 32.1. The van der Waals surface area contributed by atoms with Crippen molar-refractivity contribution in [3.63, 3.8) is 0 Å². The Kier molecular flexibility index (Phi) is 8.32. The maximum atomic E-state index is 5.36. The highest BCUT2D eigenvalue weighted by molar-refractivity contribution is 7.80. The summed E-state index contributed by atoms with van der Waals surface area (Å²) < 4.78 is 5.36. The van der Waals surface area contributed by atoms with Crippen LogP contribution in [0.25, 0.3) is 0 Å². The zero-order chi connectivity index (χ0) is 18.7. The van der Waals surface area contributed by atoms with Gasteiger partial charge in [0, 0.05) is 38.4 Å². The highest BCUT2D eigenvalue weighted by Gasteiger charge is 2.10. The average molecular weight is 390 g/mol. The van der Waals surface area contributed by atoms with E-state index in [1.165, 1.54) is 38.0 Å². The van der Waals surface area contributed by atoms with Crippen LogP contribution in [0, 0.1) is 0 Å². The van der Waals surface area contributed by atoms with E-state index in [-0.39, 0.29) is 0 Å². The molecule has 2 fully saturated rings. The molecule has 0 saturated carbocycles. The highest BCUT2D eigenvalue weighted by Crippen LogP contribution is 2.19. The predicted octanol–water partition coefficient (Wildman–Crippen LogP) is 2.20. The number of anilines is 1. The molecule has 0 unspecified atom stereocenters. The fraction of sp³-hybridized carbons (Fsp3) is 0.600. The van der Waals surface area contributed by atoms with Crippen molar-refractivity contribution in [1.29, 1.82) is 0 Å². The summed E-state index contributed by atoms with van der Waals surface area (Å²) in [6.07, 6.45) is 6.81. The third-order valence-electron chi connectivity index (χ3n) is 5.03. The van der Waals surface area contributed by atoms with Crippen LogP contribution in [0.1, 0.15) is 31.2 Å². The molecule has 0 spiro atoms. The van der Waals surface area contributed by atoms with Crippen LogP contribution in [-0.4, -0.2) is 68.7 Å². The van der Waals surface area contributed by atoms with Gasteiger partial charge in [-0.2, -0.15) is 5.10 Å². The molecule has 0 atom stereocenters. The SMILES string of the molecule is S=C(NCCCN1CCOCC1)N/N=C\c1ccc(N2CCCCC2)cc1. The Morgan fingerprint density at radius 2 is 1.81 bits per heavy atom. The summed E-state index contributed by atoms with van der Waals surface area (Å²) in [5, 5.41) is 8.00. The first-order chi connectivity index (χ1) is 13.3. The van der Waals surface area contributed by atoms with E-state index < -0.39 is 0 Å². The van der Waals surface area contributed by atoms with Gasteiger partial charge in [-0.25, -0.2) is 0 Å². The van der Waals surface area contributed by atoms with E-state index in [4.69, 9.17) is 17.0 Å². The number of ether oxygens (including phenoxy) is 1. The molecule has 6 nitrogen and oxygen atoms in total. The van der Waals surface area contributed by atoms with Gasteiger partial charge in [-0.05, 0) is 62.1 Å². The minimum Gasteiger partial charge on any atom is -0.379 e. The molecule has 3 rings (SSSR count). The van der Waals surface area contributed by atoms with Crippen LogP contribution >= 0.6 is 12.2 Å². The van der Waals surface area contributed by atoms with Gasteiger partial charge in [0.1, 0.15) is 0 Å². The fourth-order valence-electron chi connectivity index (χ4n) is 3.46. The smallest absolute Gasteiger partial charge is 0.186 e. The molecule has 27 heavy (non-hydrogen) atoms. The van der Waals surface area contributed by atoms with E-state index in [1.807, 2.05) is 6.21 Å². The van der Waals surface area contributed by atoms with Crippen molar-refractivity contribution >= 4 is 29.2 Å². The Bertz CT molecular complexity index is 595. The van der Waals surface area contributed by atoms with Crippen molar-refractivity contribution in [3.8, 4) is 0 Å². The van der Waals surface area contributed by atoms with Gasteiger partial charge in [-0.15, -0.1) is 0 Å². The lowest BCUT2D eigenvalue weighted by molar-refractivity contribution is 0.0376. The number of hydrogen-bond donors (Lipinski definition) is 2. The monoisotopic (exact) mass is 389 g/mol. The summed E-state index contributed by atoms with van der Waals surface area (Å²) in [6, 6.07) is 8.56. The lowest BCUT2D eigenvalue weighted by Gasteiger charge is -2.28. The number of hydrazone groups is 1. The lowest BCUT2D eigenvalue weighted by atomic mass is 10.1. The first-order valence-electron chi connectivity index (χ1n) is 10.0. The third-order valence-corrected chi connectivity index (χ3v) is 5.27. The second kappa shape index (κ2) is 11.2. The van der Waals surface area contributed by atoms with Gasteiger partial charge < -0.3 is 15.0 Å². The predicted molar refractivity (Wildman–Crippen MR) is 116 cm³/mol. The van der Waals surface area contributed by atoms with Crippen molar-refractivity contribution in [1.82, 2.24) is 15.6 Å². The van der Waals surface area contributed by atoms with Crippen LogP contribution in [0.3, 0.4) is 0 Å². The Balaban J connectivity index is 1.31. The molecule has 2 aliphatic heterocycles. The summed E-state index contributed by atoms with van der Waals surface area (Å²) >= 11 is 5.27. The quantitative estimate of drug-likeness (QED) is 0.323. The number of morpholine rings is 1. The van der Waals surface area contributed by atoms with Crippen LogP contribution in [0.4, 0.5) is 5.69 Å². The van der Waals surface area contributed by atoms with Gasteiger partial charge in [0.25, 0.3) is 0 Å². The zero-order valence-corrected chi connectivity index (χ0v) is 16.8. The van der Waals surface area contributed by atoms with E-state index in [2.05, 4.69) is 49.9 Å². The molecule has 2 saturated heterocycles. The average Bonchev–Trinajstić information content (AvgIpc) is 2.73. The summed E-state index contributed by atoms with van der Waals surface area (Å²) in [4.78, 5) is 4.88. The Morgan fingerprint density at radius 1 is 1.07 bits per heavy atom. The number of nitrogens with one attached hydrogen (secondary N) is 2. The molecule has 0 amide bonds. The van der Waals surface area contributed by atoms with Crippen molar-refractivity contribution in [2.24, 2.45) is 5.10 Å². The zero-order valence-electron chi connectivity index (χ0n) is 16.0. The fourth-order valence-corrected chi connectivity index (χ4v) is 3.61. The van der Waals surface area contributed by atoms with E-state index in [0.717, 1.165) is 51.4 Å². The van der Waals surface area contributed by atoms with Crippen LogP contribution < -0.4 is 15.6 Å². The van der Waals surface area contributed by atoms with E-state index in [0.29, 0.717) is 5.11 Å². The number of thiocarbonyl (C=S) groups is 1. The topological polar surface area (TPSA) is 52.1 Å². The summed E-state index contributed by atoms with van der Waals surface area (Å²) in [7, 11) is 0. The van der Waals surface area contributed by atoms with Crippen LogP contribution in [0.2, 0.25) is 0 Å². The van der Waals surface area contributed by atoms with E-state index in [1.54, 1.807) is 0 Å². The van der Waals surface area contributed by atoms with Gasteiger partial charge in [-0.1, -0.05) is 12.1 Å². The molecule has 2 N–H and O–H groups in total. The second-order valence-electron chi connectivity index (χ2n) is 7.07. The molecule has 2 heterocycles. The molecule has 2 aliphatic rings. The first-order valence-corrected chi connectivity index (χ1v) is 10.4. The van der Waals surface area contributed by atoms with Crippen molar-refractivity contribution in [2.75, 3.05) is 57.4 Å². The van der Waals surface area contributed by atoms with Gasteiger partial charge in [-0.3, -0.25) is 10.3 Å². The maximum absolute atomic E-state index is 5.36. The van der Waals surface area contributed by atoms with Gasteiger partial charge in [0.05, 0.1) is 19.4 Å². The summed E-state index contributed by atoms with van der Waals surface area (Å²) in [5.41, 5.74) is 5.26. The van der Waals surface area contributed by atoms with Crippen LogP contribution in [0.15, 0.2) is 29.4 Å². The standard InChI is InChI=1S/C20H31N5OS/c27-20(21-9-4-10-24-13-15-26-16-14-24)23-22-17-18-5-7-19(8-6-18)25-11-2-1-3-12-25/h5-8,17H,1-4,9-16H2,(H2,21,23,27)/b22-17-. The van der Waals surface area contributed by atoms with Gasteiger partial charge >= 0.3 is 0 Å². The van der Waals surface area contributed by atoms with E-state index in [9.17, 15) is 0 Å². The van der Waals surface area contributed by atoms with Crippen molar-refractivity contribution < 1.29 is 4.74 Å². The third kappa shape index (κ3) is 7.08. The van der Waals surface area contributed by atoms with Gasteiger partial charge in [0.2, 0.25) is 0 Å². The number of hydrogen-bond acceptors (Lipinski definition) is 5. The molecule has 7 heteroatoms. The number of rotatable bonds is 7. The summed E-state index contributed by atoms with van der Waals surface area (Å²) in [5.74, 6) is 0. The lowest BCUT2D eigenvalue weighted by Crippen LogP contribution is -2.39. The molecule has 0 aromatic heterocycles. The molecule has 1 aromatic rings. The number of piperidine rings is 1. The summed E-state index contributed by atoms with van der Waals surface area (Å²) in [6.45, 7) is 8.02. The number of nitrogens with zero attached hydrogens (tertiary/aromatic N) is 3. The molecule has 0 radical (unpaired) electrons. The first kappa shape index (κ1) is 20.0. The number of benzene rings is 1. The van der Waals surface area contributed by atoms with Crippen molar-refractivity contribution in [3.05, 3.63) is 29.8 Å². The second-order valence-corrected chi connectivity index (χ2v) is 7.48. The molecule has 148 valence electrons. The maximum Gasteiger partial charge on any atom is 0.186 e. The van der Waals surface area contributed by atoms with Gasteiger partial charge in [0.15, 0.2) is 5.11 Å². The molecule has 1 aromatic carbocycles. The Hall–Kier alpha value is -1.70. The minimum atomic E-state index is 0.568. The largest absolute Gasteiger partial charge is 0.379 e.